The molecule has 0 unspecified atom stereocenters. The van der Waals surface area contributed by atoms with Crippen LogP contribution in [-0.2, 0) is 11.3 Å². The number of hydrogen-bond donors (Lipinski definition) is 1. The Balaban J connectivity index is 2.23. The number of ether oxygens (including phenoxy) is 1. The number of benzene rings is 2. The van der Waals surface area contributed by atoms with Crippen LogP contribution in [0.15, 0.2) is 46.9 Å². The van der Waals surface area contributed by atoms with Gasteiger partial charge in [-0.25, -0.2) is 4.98 Å². The van der Waals surface area contributed by atoms with Crippen LogP contribution in [0.3, 0.4) is 0 Å². The fraction of sp³-hybridized carbons (Fsp3) is 0.188. The maximum absolute atomic E-state index is 6.20. The monoisotopic (exact) mass is 345 g/mol. The molecule has 0 bridgehead atoms. The number of halogens is 1. The van der Waals surface area contributed by atoms with Gasteiger partial charge in [0.2, 0.25) is 0 Å². The topological polar surface area (TPSA) is 53.1 Å². The van der Waals surface area contributed by atoms with Crippen molar-refractivity contribution in [3.05, 3.63) is 46.9 Å². The lowest BCUT2D eigenvalue weighted by Gasteiger charge is -2.11. The van der Waals surface area contributed by atoms with Crippen molar-refractivity contribution in [2.75, 3.05) is 19.5 Å². The van der Waals surface area contributed by atoms with Crippen molar-refractivity contribution >= 4 is 32.7 Å². The Hall–Kier alpha value is -1.85. The van der Waals surface area contributed by atoms with E-state index < -0.39 is 0 Å². The van der Waals surface area contributed by atoms with Crippen molar-refractivity contribution in [1.82, 2.24) is 9.55 Å². The van der Waals surface area contributed by atoms with Crippen LogP contribution in [-0.4, -0.2) is 23.3 Å². The number of nitrogens with zero attached hydrogens (tertiary/aromatic N) is 2. The first-order valence-corrected chi connectivity index (χ1v) is 7.50. The molecule has 108 valence electrons. The van der Waals surface area contributed by atoms with Crippen molar-refractivity contribution in [1.29, 1.82) is 0 Å². The van der Waals surface area contributed by atoms with Gasteiger partial charge in [0.05, 0.1) is 23.3 Å². The molecule has 21 heavy (non-hydrogen) atoms. The molecule has 3 aromatic rings. The van der Waals surface area contributed by atoms with E-state index in [2.05, 4.69) is 26.6 Å². The van der Waals surface area contributed by atoms with Gasteiger partial charge < -0.3 is 15.0 Å². The summed E-state index contributed by atoms with van der Waals surface area (Å²) < 4.78 is 8.25. The minimum absolute atomic E-state index is 0.626. The largest absolute Gasteiger partial charge is 0.397 e. The number of nitrogens with two attached hydrogens (primary N) is 1. The molecule has 0 fully saturated rings. The van der Waals surface area contributed by atoms with Crippen LogP contribution >= 0.6 is 15.9 Å². The highest BCUT2D eigenvalue weighted by atomic mass is 79.9. The van der Waals surface area contributed by atoms with Gasteiger partial charge in [-0.1, -0.05) is 18.2 Å². The molecule has 4 nitrogen and oxygen atoms in total. The van der Waals surface area contributed by atoms with Crippen LogP contribution in [0, 0.1) is 0 Å². The zero-order chi connectivity index (χ0) is 14.8. The summed E-state index contributed by atoms with van der Waals surface area (Å²) in [7, 11) is 1.70. The number of anilines is 1. The fourth-order valence-corrected chi connectivity index (χ4v) is 2.79. The summed E-state index contributed by atoms with van der Waals surface area (Å²) in [5.41, 5.74) is 9.88. The normalized spacial score (nSPS) is 11.1. The summed E-state index contributed by atoms with van der Waals surface area (Å²) in [4.78, 5) is 4.74. The van der Waals surface area contributed by atoms with Gasteiger partial charge in [-0.15, -0.1) is 0 Å². The second kappa shape index (κ2) is 5.87. The van der Waals surface area contributed by atoms with Crippen LogP contribution in [0.2, 0.25) is 0 Å². The minimum Gasteiger partial charge on any atom is -0.397 e. The molecule has 2 N–H and O–H groups in total. The van der Waals surface area contributed by atoms with Gasteiger partial charge in [0, 0.05) is 23.7 Å². The summed E-state index contributed by atoms with van der Waals surface area (Å²) in [6.07, 6.45) is 0. The average molecular weight is 346 g/mol. The van der Waals surface area contributed by atoms with Crippen molar-refractivity contribution in [2.24, 2.45) is 0 Å². The highest BCUT2D eigenvalue weighted by Gasteiger charge is 2.15. The van der Waals surface area contributed by atoms with Gasteiger partial charge in [0.15, 0.2) is 0 Å². The van der Waals surface area contributed by atoms with Gasteiger partial charge in [0.25, 0.3) is 0 Å². The molecule has 1 aromatic heterocycles. The van der Waals surface area contributed by atoms with E-state index in [4.69, 9.17) is 15.5 Å². The van der Waals surface area contributed by atoms with Crippen LogP contribution in [0.5, 0.6) is 0 Å². The summed E-state index contributed by atoms with van der Waals surface area (Å²) in [6.45, 7) is 1.36. The Morgan fingerprint density at radius 1 is 1.19 bits per heavy atom. The van der Waals surface area contributed by atoms with E-state index in [9.17, 15) is 0 Å². The first-order chi connectivity index (χ1) is 10.2. The predicted molar refractivity (Wildman–Crippen MR) is 89.2 cm³/mol. The van der Waals surface area contributed by atoms with Crippen LogP contribution in [0.4, 0.5) is 5.69 Å². The molecular weight excluding hydrogens is 330 g/mol. The third kappa shape index (κ3) is 2.54. The van der Waals surface area contributed by atoms with E-state index in [1.165, 1.54) is 0 Å². The molecule has 0 atom stereocenters. The number of fused-ring (bicyclic) bond motifs is 1. The summed E-state index contributed by atoms with van der Waals surface area (Å²) in [5.74, 6) is 0.868. The minimum atomic E-state index is 0.626. The first-order valence-electron chi connectivity index (χ1n) is 6.71. The number of aromatic nitrogens is 2. The van der Waals surface area contributed by atoms with Gasteiger partial charge in [0.1, 0.15) is 5.82 Å². The van der Waals surface area contributed by atoms with Crippen molar-refractivity contribution in [2.45, 2.75) is 6.54 Å². The quantitative estimate of drug-likeness (QED) is 0.733. The molecule has 0 amide bonds. The van der Waals surface area contributed by atoms with E-state index in [0.717, 1.165) is 33.4 Å². The van der Waals surface area contributed by atoms with E-state index in [0.29, 0.717) is 12.3 Å². The molecule has 2 aromatic carbocycles. The van der Waals surface area contributed by atoms with Crippen molar-refractivity contribution in [3.63, 3.8) is 0 Å². The second-order valence-electron chi connectivity index (χ2n) is 4.77. The summed E-state index contributed by atoms with van der Waals surface area (Å²) in [6, 6.07) is 14.0. The average Bonchev–Trinajstić information content (AvgIpc) is 2.86. The molecule has 5 heteroatoms. The van der Waals surface area contributed by atoms with E-state index in [-0.39, 0.29) is 0 Å². The summed E-state index contributed by atoms with van der Waals surface area (Å²) in [5, 5.41) is 0. The Bertz CT molecular complexity index is 782. The van der Waals surface area contributed by atoms with Gasteiger partial charge in [-0.05, 0) is 40.2 Å². The first kappa shape index (κ1) is 14.1. The third-order valence-electron chi connectivity index (χ3n) is 3.47. The summed E-state index contributed by atoms with van der Waals surface area (Å²) >= 11 is 3.48. The fourth-order valence-electron chi connectivity index (χ4n) is 2.42. The van der Waals surface area contributed by atoms with E-state index in [1.54, 1.807) is 7.11 Å². The molecule has 0 radical (unpaired) electrons. The van der Waals surface area contributed by atoms with Gasteiger partial charge in [-0.2, -0.15) is 0 Å². The van der Waals surface area contributed by atoms with Gasteiger partial charge in [-0.3, -0.25) is 0 Å². The lowest BCUT2D eigenvalue weighted by Crippen LogP contribution is -2.07. The molecule has 0 aliphatic rings. The van der Waals surface area contributed by atoms with Crippen molar-refractivity contribution in [3.8, 4) is 11.4 Å². The molecule has 0 saturated heterocycles. The highest BCUT2D eigenvalue weighted by Crippen LogP contribution is 2.33. The molecule has 3 rings (SSSR count). The number of rotatable bonds is 4. The number of imidazole rings is 1. The van der Waals surface area contributed by atoms with Crippen LogP contribution in [0.1, 0.15) is 0 Å². The lowest BCUT2D eigenvalue weighted by molar-refractivity contribution is 0.188. The van der Waals surface area contributed by atoms with E-state index in [1.807, 2.05) is 36.4 Å². The zero-order valence-corrected chi connectivity index (χ0v) is 13.3. The molecule has 0 saturated carbocycles. The highest BCUT2D eigenvalue weighted by molar-refractivity contribution is 9.10. The van der Waals surface area contributed by atoms with Gasteiger partial charge >= 0.3 is 0 Å². The number of nitrogen functional groups attached to an aromatic ring is 1. The number of hydrogen-bond acceptors (Lipinski definition) is 3. The molecule has 0 aliphatic heterocycles. The standard InChI is InChI=1S/C16H16BrN3O/c1-21-10-9-20-14-8-3-2-7-13(14)19-16(20)11-5-4-6-12(17)15(11)18/h2-8H,9-10,18H2,1H3. The Kier molecular flexibility index (Phi) is 3.94. The lowest BCUT2D eigenvalue weighted by atomic mass is 10.1. The molecule has 0 spiro atoms. The SMILES string of the molecule is COCCn1c(-c2cccc(Br)c2N)nc2ccccc21. The molecule has 1 heterocycles. The van der Waals surface area contributed by atoms with Crippen LogP contribution in [0.25, 0.3) is 22.4 Å². The Morgan fingerprint density at radius 2 is 2.00 bits per heavy atom. The maximum atomic E-state index is 6.20. The Morgan fingerprint density at radius 3 is 2.81 bits per heavy atom. The molecular formula is C16H16BrN3O. The smallest absolute Gasteiger partial charge is 0.143 e. The van der Waals surface area contributed by atoms with E-state index >= 15 is 0 Å². The van der Waals surface area contributed by atoms with Crippen molar-refractivity contribution < 1.29 is 4.74 Å². The zero-order valence-electron chi connectivity index (χ0n) is 11.7. The van der Waals surface area contributed by atoms with Crippen LogP contribution < -0.4 is 5.73 Å². The number of para-hydroxylation sites is 3. The Labute approximate surface area is 131 Å². The maximum Gasteiger partial charge on any atom is 0.143 e. The number of methoxy groups -OCH3 is 1. The molecule has 0 aliphatic carbocycles. The predicted octanol–water partition coefficient (Wildman–Crippen LogP) is 3.69. The second-order valence-corrected chi connectivity index (χ2v) is 5.62. The third-order valence-corrected chi connectivity index (χ3v) is 4.16.